The van der Waals surface area contributed by atoms with Crippen molar-refractivity contribution in [2.45, 2.75) is 32.6 Å². The van der Waals surface area contributed by atoms with Gasteiger partial charge in [0.05, 0.1) is 11.8 Å². The molecule has 5 heteroatoms. The molecule has 2 amide bonds. The second kappa shape index (κ2) is 8.05. The lowest BCUT2D eigenvalue weighted by Crippen LogP contribution is -2.29. The number of hydrogen-bond donors (Lipinski definition) is 2. The van der Waals surface area contributed by atoms with Crippen molar-refractivity contribution in [3.8, 4) is 0 Å². The SMILES string of the molecule is Cc1cccc(NC(=O)C2CC2C(=O)Nc2ccc(N3CCCCC3)cc2)c1. The molecule has 2 aromatic carbocycles. The number of hydrogen-bond acceptors (Lipinski definition) is 3. The van der Waals surface area contributed by atoms with E-state index in [1.165, 1.54) is 24.9 Å². The van der Waals surface area contributed by atoms with Gasteiger partial charge < -0.3 is 15.5 Å². The summed E-state index contributed by atoms with van der Waals surface area (Å²) in [5, 5.41) is 5.87. The highest BCUT2D eigenvalue weighted by atomic mass is 16.2. The summed E-state index contributed by atoms with van der Waals surface area (Å²) in [6.07, 6.45) is 4.40. The Labute approximate surface area is 166 Å². The van der Waals surface area contributed by atoms with Crippen LogP contribution in [-0.4, -0.2) is 24.9 Å². The molecule has 0 radical (unpaired) electrons. The van der Waals surface area contributed by atoms with Crippen LogP contribution in [-0.2, 0) is 9.59 Å². The zero-order valence-electron chi connectivity index (χ0n) is 16.3. The number of amides is 2. The van der Waals surface area contributed by atoms with E-state index >= 15 is 0 Å². The fraction of sp³-hybridized carbons (Fsp3) is 0.391. The molecule has 2 aliphatic rings. The Bertz CT molecular complexity index is 856. The minimum Gasteiger partial charge on any atom is -0.372 e. The number of benzene rings is 2. The number of nitrogens with zero attached hydrogens (tertiary/aromatic N) is 1. The fourth-order valence-corrected chi connectivity index (χ4v) is 3.87. The molecule has 1 saturated carbocycles. The van der Waals surface area contributed by atoms with E-state index in [1.54, 1.807) is 0 Å². The number of nitrogens with one attached hydrogen (secondary N) is 2. The smallest absolute Gasteiger partial charge is 0.228 e. The first-order chi connectivity index (χ1) is 13.6. The standard InChI is InChI=1S/C23H27N3O2/c1-16-6-5-7-18(14-16)25-23(28)21-15-20(21)22(27)24-17-8-10-19(11-9-17)26-12-3-2-4-13-26/h5-11,14,20-21H,2-4,12-13,15H2,1H3,(H,24,27)(H,25,28). The summed E-state index contributed by atoms with van der Waals surface area (Å²) >= 11 is 0. The maximum Gasteiger partial charge on any atom is 0.228 e. The summed E-state index contributed by atoms with van der Waals surface area (Å²) in [6, 6.07) is 15.7. The quantitative estimate of drug-likeness (QED) is 0.821. The van der Waals surface area contributed by atoms with Gasteiger partial charge >= 0.3 is 0 Å². The van der Waals surface area contributed by atoms with Gasteiger partial charge in [-0.2, -0.15) is 0 Å². The molecule has 0 spiro atoms. The van der Waals surface area contributed by atoms with Crippen LogP contribution in [0.1, 0.15) is 31.2 Å². The first-order valence-corrected chi connectivity index (χ1v) is 10.1. The van der Waals surface area contributed by atoms with Gasteiger partial charge in [0.1, 0.15) is 0 Å². The molecule has 2 unspecified atom stereocenters. The van der Waals surface area contributed by atoms with Gasteiger partial charge in [-0.15, -0.1) is 0 Å². The molecule has 4 rings (SSSR count). The summed E-state index contributed by atoms with van der Waals surface area (Å²) < 4.78 is 0. The van der Waals surface area contributed by atoms with Gasteiger partial charge in [0.25, 0.3) is 0 Å². The largest absolute Gasteiger partial charge is 0.372 e. The lowest BCUT2D eigenvalue weighted by atomic mass is 10.1. The maximum absolute atomic E-state index is 12.5. The summed E-state index contributed by atoms with van der Waals surface area (Å²) in [5.41, 5.74) is 3.87. The van der Waals surface area contributed by atoms with Gasteiger partial charge in [0.15, 0.2) is 0 Å². The van der Waals surface area contributed by atoms with Crippen molar-refractivity contribution in [3.63, 3.8) is 0 Å². The van der Waals surface area contributed by atoms with Crippen molar-refractivity contribution in [2.24, 2.45) is 11.8 Å². The van der Waals surface area contributed by atoms with Crippen LogP contribution in [0.4, 0.5) is 17.1 Å². The Morgan fingerprint density at radius 1 is 0.857 bits per heavy atom. The van der Waals surface area contributed by atoms with Gasteiger partial charge in [-0.05, 0) is 74.6 Å². The van der Waals surface area contributed by atoms with Crippen LogP contribution in [0.3, 0.4) is 0 Å². The Kier molecular flexibility index (Phi) is 5.33. The van der Waals surface area contributed by atoms with E-state index < -0.39 is 0 Å². The van der Waals surface area contributed by atoms with Crippen LogP contribution >= 0.6 is 0 Å². The second-order valence-corrected chi connectivity index (χ2v) is 7.89. The highest BCUT2D eigenvalue weighted by Gasteiger charge is 2.48. The lowest BCUT2D eigenvalue weighted by Gasteiger charge is -2.28. The molecule has 146 valence electrons. The average Bonchev–Trinajstić information content (AvgIpc) is 3.51. The van der Waals surface area contributed by atoms with Gasteiger partial charge in [-0.25, -0.2) is 0 Å². The number of anilines is 3. The molecule has 28 heavy (non-hydrogen) atoms. The fourth-order valence-electron chi connectivity index (χ4n) is 3.87. The monoisotopic (exact) mass is 377 g/mol. The molecule has 1 aliphatic heterocycles. The Hall–Kier alpha value is -2.82. The zero-order valence-corrected chi connectivity index (χ0v) is 16.3. The number of carbonyl (C=O) groups excluding carboxylic acids is 2. The molecule has 2 atom stereocenters. The molecule has 2 fully saturated rings. The normalized spacial score (nSPS) is 21.1. The minimum atomic E-state index is -0.244. The molecule has 1 saturated heterocycles. The summed E-state index contributed by atoms with van der Waals surface area (Å²) in [4.78, 5) is 27.2. The highest BCUT2D eigenvalue weighted by Crippen LogP contribution is 2.40. The van der Waals surface area contributed by atoms with Crippen LogP contribution in [0, 0.1) is 18.8 Å². The Morgan fingerprint density at radius 2 is 1.50 bits per heavy atom. The van der Waals surface area contributed by atoms with Crippen LogP contribution < -0.4 is 15.5 Å². The second-order valence-electron chi connectivity index (χ2n) is 7.89. The van der Waals surface area contributed by atoms with Crippen LogP contribution in [0.2, 0.25) is 0 Å². The molecule has 2 N–H and O–H groups in total. The van der Waals surface area contributed by atoms with Crippen LogP contribution in [0.5, 0.6) is 0 Å². The van der Waals surface area contributed by atoms with Gasteiger partial charge in [0.2, 0.25) is 11.8 Å². The van der Waals surface area contributed by atoms with Crippen molar-refractivity contribution in [2.75, 3.05) is 28.6 Å². The third-order valence-electron chi connectivity index (χ3n) is 5.61. The molecular formula is C23H27N3O2. The van der Waals surface area contributed by atoms with E-state index in [9.17, 15) is 9.59 Å². The molecule has 5 nitrogen and oxygen atoms in total. The van der Waals surface area contributed by atoms with E-state index in [0.29, 0.717) is 6.42 Å². The Morgan fingerprint density at radius 3 is 2.14 bits per heavy atom. The van der Waals surface area contributed by atoms with Crippen molar-refractivity contribution >= 4 is 28.9 Å². The lowest BCUT2D eigenvalue weighted by molar-refractivity contribution is -0.122. The number of piperidine rings is 1. The van der Waals surface area contributed by atoms with Gasteiger partial charge in [0, 0.05) is 30.2 Å². The van der Waals surface area contributed by atoms with Gasteiger partial charge in [-0.3, -0.25) is 9.59 Å². The number of rotatable bonds is 5. The van der Waals surface area contributed by atoms with Crippen molar-refractivity contribution < 1.29 is 9.59 Å². The first kappa shape index (κ1) is 18.5. The molecule has 0 aromatic heterocycles. The first-order valence-electron chi connectivity index (χ1n) is 10.1. The summed E-state index contributed by atoms with van der Waals surface area (Å²) in [6.45, 7) is 4.19. The molecule has 1 aliphatic carbocycles. The van der Waals surface area contributed by atoms with E-state index in [4.69, 9.17) is 0 Å². The highest BCUT2D eigenvalue weighted by molar-refractivity contribution is 6.03. The van der Waals surface area contributed by atoms with E-state index in [-0.39, 0.29) is 23.7 Å². The van der Waals surface area contributed by atoms with Gasteiger partial charge in [-0.1, -0.05) is 12.1 Å². The van der Waals surface area contributed by atoms with Crippen LogP contribution in [0.15, 0.2) is 48.5 Å². The average molecular weight is 377 g/mol. The van der Waals surface area contributed by atoms with Crippen molar-refractivity contribution in [1.82, 2.24) is 0 Å². The van der Waals surface area contributed by atoms with E-state index in [1.807, 2.05) is 43.3 Å². The minimum absolute atomic E-state index is 0.0740. The third kappa shape index (κ3) is 4.35. The third-order valence-corrected chi connectivity index (χ3v) is 5.61. The number of aryl methyl sites for hydroxylation is 1. The predicted octanol–water partition coefficient (Wildman–Crippen LogP) is 4.20. The predicted molar refractivity (Wildman–Crippen MR) is 113 cm³/mol. The zero-order chi connectivity index (χ0) is 19.5. The molecule has 2 aromatic rings. The Balaban J connectivity index is 1.29. The van der Waals surface area contributed by atoms with Crippen molar-refractivity contribution in [1.29, 1.82) is 0 Å². The van der Waals surface area contributed by atoms with E-state index in [0.717, 1.165) is 30.0 Å². The van der Waals surface area contributed by atoms with Crippen LogP contribution in [0.25, 0.3) is 0 Å². The number of carbonyl (C=O) groups is 2. The molecule has 0 bridgehead atoms. The maximum atomic E-state index is 12.5. The molecule has 1 heterocycles. The topological polar surface area (TPSA) is 61.4 Å². The van der Waals surface area contributed by atoms with E-state index in [2.05, 4.69) is 27.7 Å². The van der Waals surface area contributed by atoms with Crippen molar-refractivity contribution in [3.05, 3.63) is 54.1 Å². The summed E-state index contributed by atoms with van der Waals surface area (Å²) in [7, 11) is 0. The molecular weight excluding hydrogens is 350 g/mol. The summed E-state index contributed by atoms with van der Waals surface area (Å²) in [5.74, 6) is -0.638.